The predicted octanol–water partition coefficient (Wildman–Crippen LogP) is 4.20. The molecule has 136 valence electrons. The second-order valence-electron chi connectivity index (χ2n) is 6.88. The summed E-state index contributed by atoms with van der Waals surface area (Å²) in [5.74, 6) is -3.13. The average Bonchev–Trinajstić information content (AvgIpc) is 2.40. The average molecular weight is 348 g/mol. The summed E-state index contributed by atoms with van der Waals surface area (Å²) in [6.45, 7) is 0. The van der Waals surface area contributed by atoms with Crippen LogP contribution in [0.5, 0.6) is 0 Å². The maximum absolute atomic E-state index is 13.8. The van der Waals surface area contributed by atoms with Crippen molar-refractivity contribution in [2.24, 2.45) is 17.3 Å². The third kappa shape index (κ3) is 3.34. The smallest absolute Gasteiger partial charge is 0.393 e. The normalized spacial score (nSPS) is 34.4. The number of rotatable bonds is 2. The molecule has 0 amide bonds. The van der Waals surface area contributed by atoms with E-state index in [1.165, 1.54) is 0 Å². The number of hydrogen-bond donors (Lipinski definition) is 2. The second kappa shape index (κ2) is 6.43. The van der Waals surface area contributed by atoms with Gasteiger partial charge in [-0.2, -0.15) is 26.3 Å². The molecule has 0 bridgehead atoms. The minimum Gasteiger partial charge on any atom is -0.393 e. The third-order valence-corrected chi connectivity index (χ3v) is 5.62. The first kappa shape index (κ1) is 18.8. The molecule has 0 saturated heterocycles. The Bertz CT molecular complexity index is 352. The molecular formula is C15H22F6O2. The Morgan fingerprint density at radius 2 is 0.783 bits per heavy atom. The largest absolute Gasteiger partial charge is 0.403 e. The minimum absolute atomic E-state index is 0.0338. The van der Waals surface area contributed by atoms with E-state index >= 15 is 0 Å². The van der Waals surface area contributed by atoms with E-state index in [0.29, 0.717) is 0 Å². The Kier molecular flexibility index (Phi) is 5.26. The van der Waals surface area contributed by atoms with E-state index in [1.54, 1.807) is 0 Å². The fourth-order valence-electron chi connectivity index (χ4n) is 4.48. The van der Waals surface area contributed by atoms with Gasteiger partial charge in [0.2, 0.25) is 0 Å². The molecule has 0 aromatic rings. The van der Waals surface area contributed by atoms with Crippen molar-refractivity contribution in [3.05, 3.63) is 0 Å². The molecule has 2 aliphatic carbocycles. The van der Waals surface area contributed by atoms with E-state index in [2.05, 4.69) is 0 Å². The first-order valence-corrected chi connectivity index (χ1v) is 7.99. The van der Waals surface area contributed by atoms with Crippen LogP contribution in [-0.4, -0.2) is 34.8 Å². The summed E-state index contributed by atoms with van der Waals surface area (Å²) in [5.41, 5.74) is -3.74. The molecule has 2 rings (SSSR count). The van der Waals surface area contributed by atoms with Crippen LogP contribution in [0.4, 0.5) is 26.3 Å². The van der Waals surface area contributed by atoms with Crippen LogP contribution in [0.3, 0.4) is 0 Å². The molecule has 2 aliphatic rings. The van der Waals surface area contributed by atoms with E-state index in [-0.39, 0.29) is 51.4 Å². The molecule has 0 aliphatic heterocycles. The van der Waals surface area contributed by atoms with E-state index in [9.17, 15) is 36.6 Å². The highest BCUT2D eigenvalue weighted by Crippen LogP contribution is 2.64. The topological polar surface area (TPSA) is 40.5 Å². The van der Waals surface area contributed by atoms with Crippen LogP contribution in [0, 0.1) is 17.3 Å². The van der Waals surface area contributed by atoms with Crippen molar-refractivity contribution in [3.63, 3.8) is 0 Å². The minimum atomic E-state index is -5.40. The molecule has 0 heterocycles. The molecule has 2 N–H and O–H groups in total. The molecule has 0 aromatic carbocycles. The maximum atomic E-state index is 13.8. The molecule has 0 radical (unpaired) electrons. The second-order valence-corrected chi connectivity index (χ2v) is 6.88. The van der Waals surface area contributed by atoms with Gasteiger partial charge in [-0.05, 0) is 63.2 Å². The van der Waals surface area contributed by atoms with Crippen LogP contribution in [-0.2, 0) is 0 Å². The van der Waals surface area contributed by atoms with Gasteiger partial charge in [-0.25, -0.2) is 0 Å². The summed E-state index contributed by atoms with van der Waals surface area (Å²) >= 11 is 0. The van der Waals surface area contributed by atoms with E-state index < -0.39 is 41.8 Å². The zero-order valence-electron chi connectivity index (χ0n) is 12.6. The summed E-state index contributed by atoms with van der Waals surface area (Å²) in [6, 6.07) is 0. The van der Waals surface area contributed by atoms with Crippen molar-refractivity contribution in [1.29, 1.82) is 0 Å². The quantitative estimate of drug-likeness (QED) is 0.735. The summed E-state index contributed by atoms with van der Waals surface area (Å²) in [6.07, 6.45) is -13.7. The first-order valence-electron chi connectivity index (χ1n) is 7.99. The number of alkyl halides is 6. The van der Waals surface area contributed by atoms with Gasteiger partial charge >= 0.3 is 12.4 Å². The van der Waals surface area contributed by atoms with Gasteiger partial charge in [0.25, 0.3) is 0 Å². The van der Waals surface area contributed by atoms with E-state index in [1.807, 2.05) is 0 Å². The van der Waals surface area contributed by atoms with Crippen LogP contribution in [0.15, 0.2) is 0 Å². The highest BCUT2D eigenvalue weighted by molar-refractivity contribution is 5.04. The summed E-state index contributed by atoms with van der Waals surface area (Å²) in [4.78, 5) is 0. The highest BCUT2D eigenvalue weighted by atomic mass is 19.4. The van der Waals surface area contributed by atoms with Crippen molar-refractivity contribution in [1.82, 2.24) is 0 Å². The van der Waals surface area contributed by atoms with Gasteiger partial charge in [-0.3, -0.25) is 0 Å². The summed E-state index contributed by atoms with van der Waals surface area (Å²) < 4.78 is 82.7. The lowest BCUT2D eigenvalue weighted by Crippen LogP contribution is -2.60. The van der Waals surface area contributed by atoms with Gasteiger partial charge in [0.05, 0.1) is 12.2 Å². The number of halogens is 6. The first-order chi connectivity index (χ1) is 10.5. The van der Waals surface area contributed by atoms with Gasteiger partial charge in [0.1, 0.15) is 0 Å². The van der Waals surface area contributed by atoms with Gasteiger partial charge < -0.3 is 10.2 Å². The predicted molar refractivity (Wildman–Crippen MR) is 70.5 cm³/mol. The van der Waals surface area contributed by atoms with Crippen molar-refractivity contribution < 1.29 is 36.6 Å². The number of hydrogen-bond acceptors (Lipinski definition) is 2. The lowest BCUT2D eigenvalue weighted by molar-refractivity contribution is -0.382. The van der Waals surface area contributed by atoms with Gasteiger partial charge in [-0.1, -0.05) is 0 Å². The summed E-state index contributed by atoms with van der Waals surface area (Å²) in [5, 5.41) is 18.9. The van der Waals surface area contributed by atoms with Gasteiger partial charge in [0, 0.05) is 0 Å². The standard InChI is InChI=1S/C15H22F6O2/c16-14(17,18)13(15(19,20)21,9-1-5-11(22)6-2-9)10-3-7-12(23)8-4-10/h9-12,22-23H,1-8H2. The zero-order valence-corrected chi connectivity index (χ0v) is 12.6. The monoisotopic (exact) mass is 348 g/mol. The number of aliphatic hydroxyl groups is 2. The van der Waals surface area contributed by atoms with Crippen LogP contribution in [0.1, 0.15) is 51.4 Å². The molecule has 0 aromatic heterocycles. The molecule has 23 heavy (non-hydrogen) atoms. The molecule has 8 heteroatoms. The molecule has 0 unspecified atom stereocenters. The molecular weight excluding hydrogens is 326 g/mol. The number of aliphatic hydroxyl groups excluding tert-OH is 2. The van der Waals surface area contributed by atoms with Crippen LogP contribution >= 0.6 is 0 Å². The van der Waals surface area contributed by atoms with Crippen molar-refractivity contribution >= 4 is 0 Å². The lowest BCUT2D eigenvalue weighted by Gasteiger charge is -2.51. The Morgan fingerprint density at radius 1 is 0.522 bits per heavy atom. The van der Waals surface area contributed by atoms with Crippen molar-refractivity contribution in [2.75, 3.05) is 0 Å². The Hall–Kier alpha value is -0.500. The van der Waals surface area contributed by atoms with E-state index in [4.69, 9.17) is 0 Å². The van der Waals surface area contributed by atoms with Crippen LogP contribution in [0.2, 0.25) is 0 Å². The van der Waals surface area contributed by atoms with E-state index in [0.717, 1.165) is 0 Å². The molecule has 2 fully saturated rings. The fraction of sp³-hybridized carbons (Fsp3) is 1.00. The lowest BCUT2D eigenvalue weighted by atomic mass is 9.57. The van der Waals surface area contributed by atoms with Gasteiger partial charge in [-0.15, -0.1) is 0 Å². The fourth-order valence-corrected chi connectivity index (χ4v) is 4.48. The van der Waals surface area contributed by atoms with Gasteiger partial charge in [0.15, 0.2) is 5.41 Å². The summed E-state index contributed by atoms with van der Waals surface area (Å²) in [7, 11) is 0. The Morgan fingerprint density at radius 3 is 1.00 bits per heavy atom. The zero-order chi connectivity index (χ0) is 17.5. The van der Waals surface area contributed by atoms with Crippen molar-refractivity contribution in [3.8, 4) is 0 Å². The maximum Gasteiger partial charge on any atom is 0.403 e. The molecule has 2 saturated carbocycles. The Balaban J connectivity index is 2.43. The Labute approximate surface area is 130 Å². The molecule has 0 atom stereocenters. The van der Waals surface area contributed by atoms with Crippen LogP contribution < -0.4 is 0 Å². The van der Waals surface area contributed by atoms with Crippen LogP contribution in [0.25, 0.3) is 0 Å². The SMILES string of the molecule is OC1CCC(C(C2CCC(O)CC2)(C(F)(F)F)C(F)(F)F)CC1. The third-order valence-electron chi connectivity index (χ3n) is 5.62. The highest BCUT2D eigenvalue weighted by Gasteiger charge is 2.76. The van der Waals surface area contributed by atoms with Crippen molar-refractivity contribution in [2.45, 2.75) is 75.9 Å². The molecule has 0 spiro atoms. The molecule has 2 nitrogen and oxygen atoms in total.